The highest BCUT2D eigenvalue weighted by Gasteiger charge is 2.14. The SMILES string of the molecule is CCNC(Cc1ncccc1C)c1ccc(Br)c(F)c1. The van der Waals surface area contributed by atoms with Crippen LogP contribution in [0.4, 0.5) is 4.39 Å². The minimum Gasteiger partial charge on any atom is -0.310 e. The van der Waals surface area contributed by atoms with Crippen LogP contribution in [-0.2, 0) is 6.42 Å². The zero-order chi connectivity index (χ0) is 14.5. The van der Waals surface area contributed by atoms with E-state index in [2.05, 4.69) is 26.2 Å². The molecule has 106 valence electrons. The summed E-state index contributed by atoms with van der Waals surface area (Å²) in [7, 11) is 0. The molecule has 2 aromatic rings. The van der Waals surface area contributed by atoms with Gasteiger partial charge in [-0.1, -0.05) is 19.1 Å². The molecule has 1 aromatic heterocycles. The van der Waals surface area contributed by atoms with Gasteiger partial charge in [0.2, 0.25) is 0 Å². The lowest BCUT2D eigenvalue weighted by Gasteiger charge is -2.19. The van der Waals surface area contributed by atoms with Crippen molar-refractivity contribution < 1.29 is 4.39 Å². The molecule has 1 unspecified atom stereocenters. The van der Waals surface area contributed by atoms with E-state index in [1.165, 1.54) is 0 Å². The van der Waals surface area contributed by atoms with Gasteiger partial charge in [-0.25, -0.2) is 4.39 Å². The molecule has 1 heterocycles. The van der Waals surface area contributed by atoms with Crippen LogP contribution in [0.5, 0.6) is 0 Å². The van der Waals surface area contributed by atoms with E-state index < -0.39 is 0 Å². The van der Waals surface area contributed by atoms with Crippen molar-refractivity contribution in [3.05, 3.63) is 63.6 Å². The number of nitrogens with one attached hydrogen (secondary N) is 1. The highest BCUT2D eigenvalue weighted by atomic mass is 79.9. The quantitative estimate of drug-likeness (QED) is 0.885. The summed E-state index contributed by atoms with van der Waals surface area (Å²) in [5.41, 5.74) is 3.15. The molecule has 1 aromatic carbocycles. The van der Waals surface area contributed by atoms with Gasteiger partial charge in [0.05, 0.1) is 4.47 Å². The van der Waals surface area contributed by atoms with Crippen LogP contribution in [0.1, 0.15) is 29.8 Å². The average molecular weight is 337 g/mol. The summed E-state index contributed by atoms with van der Waals surface area (Å²) in [5, 5.41) is 3.40. The summed E-state index contributed by atoms with van der Waals surface area (Å²) in [6, 6.07) is 9.32. The van der Waals surface area contributed by atoms with E-state index in [9.17, 15) is 4.39 Å². The molecule has 20 heavy (non-hydrogen) atoms. The zero-order valence-corrected chi connectivity index (χ0v) is 13.2. The molecule has 0 amide bonds. The Kier molecular flexibility index (Phi) is 5.26. The van der Waals surface area contributed by atoms with Gasteiger partial charge >= 0.3 is 0 Å². The van der Waals surface area contributed by atoms with Crippen molar-refractivity contribution in [2.24, 2.45) is 0 Å². The molecule has 0 saturated heterocycles. The molecule has 0 spiro atoms. The normalized spacial score (nSPS) is 12.4. The van der Waals surface area contributed by atoms with Crippen LogP contribution < -0.4 is 5.32 Å². The minimum atomic E-state index is -0.233. The van der Waals surface area contributed by atoms with Crippen LogP contribution in [-0.4, -0.2) is 11.5 Å². The molecule has 0 aliphatic carbocycles. The molecule has 0 fully saturated rings. The third kappa shape index (κ3) is 3.64. The fourth-order valence-electron chi connectivity index (χ4n) is 2.21. The van der Waals surface area contributed by atoms with Gasteiger partial charge in [-0.05, 0) is 58.7 Å². The van der Waals surface area contributed by atoms with E-state index in [1.807, 2.05) is 32.0 Å². The molecule has 0 bridgehead atoms. The largest absolute Gasteiger partial charge is 0.310 e. The number of pyridine rings is 1. The minimum absolute atomic E-state index is 0.0659. The van der Waals surface area contributed by atoms with E-state index >= 15 is 0 Å². The van der Waals surface area contributed by atoms with Crippen LogP contribution in [0.15, 0.2) is 41.0 Å². The van der Waals surface area contributed by atoms with Crippen molar-refractivity contribution in [3.63, 3.8) is 0 Å². The van der Waals surface area contributed by atoms with Gasteiger partial charge in [0, 0.05) is 24.4 Å². The van der Waals surface area contributed by atoms with Crippen molar-refractivity contribution in [1.29, 1.82) is 0 Å². The van der Waals surface area contributed by atoms with E-state index in [0.29, 0.717) is 4.47 Å². The summed E-state index contributed by atoms with van der Waals surface area (Å²) < 4.78 is 14.2. The van der Waals surface area contributed by atoms with E-state index in [0.717, 1.165) is 29.8 Å². The number of halogens is 2. The molecule has 2 rings (SSSR count). The van der Waals surface area contributed by atoms with Crippen LogP contribution in [0.3, 0.4) is 0 Å². The summed E-state index contributed by atoms with van der Waals surface area (Å²) in [5.74, 6) is -0.233. The molecule has 1 atom stereocenters. The van der Waals surface area contributed by atoms with Gasteiger partial charge in [0.1, 0.15) is 5.82 Å². The standard InChI is InChI=1S/C16H18BrFN2/c1-3-19-16(10-15-11(2)5-4-8-20-15)12-6-7-13(17)14(18)9-12/h4-9,16,19H,3,10H2,1-2H3. The highest BCUT2D eigenvalue weighted by molar-refractivity contribution is 9.10. The number of nitrogens with zero attached hydrogens (tertiary/aromatic N) is 1. The number of aromatic nitrogens is 1. The third-order valence-corrected chi connectivity index (χ3v) is 3.95. The smallest absolute Gasteiger partial charge is 0.137 e. The number of hydrogen-bond donors (Lipinski definition) is 1. The second-order valence-corrected chi connectivity index (χ2v) is 5.61. The predicted octanol–water partition coefficient (Wildman–Crippen LogP) is 4.18. The third-order valence-electron chi connectivity index (χ3n) is 3.31. The van der Waals surface area contributed by atoms with Crippen molar-refractivity contribution >= 4 is 15.9 Å². The Bertz CT molecular complexity index is 586. The highest BCUT2D eigenvalue weighted by Crippen LogP contribution is 2.23. The van der Waals surface area contributed by atoms with Crippen molar-refractivity contribution in [3.8, 4) is 0 Å². The molecule has 0 aliphatic heterocycles. The number of hydrogen-bond acceptors (Lipinski definition) is 2. The maximum absolute atomic E-state index is 13.7. The fraction of sp³-hybridized carbons (Fsp3) is 0.312. The molecular formula is C16H18BrFN2. The Labute approximate surface area is 127 Å². The van der Waals surface area contributed by atoms with E-state index in [1.54, 1.807) is 18.3 Å². The maximum Gasteiger partial charge on any atom is 0.137 e. The number of aryl methyl sites for hydroxylation is 1. The van der Waals surface area contributed by atoms with Crippen LogP contribution in [0.2, 0.25) is 0 Å². The lowest BCUT2D eigenvalue weighted by molar-refractivity contribution is 0.535. The van der Waals surface area contributed by atoms with Crippen LogP contribution in [0, 0.1) is 12.7 Å². The first-order chi connectivity index (χ1) is 9.61. The Morgan fingerprint density at radius 1 is 1.35 bits per heavy atom. The van der Waals surface area contributed by atoms with E-state index in [4.69, 9.17) is 0 Å². The number of likely N-dealkylation sites (N-methyl/N-ethyl adjacent to an activating group) is 1. The molecule has 4 heteroatoms. The molecule has 2 nitrogen and oxygen atoms in total. The fourth-order valence-corrected chi connectivity index (χ4v) is 2.46. The van der Waals surface area contributed by atoms with Crippen LogP contribution in [0.25, 0.3) is 0 Å². The Morgan fingerprint density at radius 3 is 2.80 bits per heavy atom. The molecule has 0 saturated carbocycles. The maximum atomic E-state index is 13.7. The van der Waals surface area contributed by atoms with Gasteiger partial charge in [0.25, 0.3) is 0 Å². The molecule has 0 radical (unpaired) electrons. The van der Waals surface area contributed by atoms with Crippen molar-refractivity contribution in [2.45, 2.75) is 26.3 Å². The number of rotatable bonds is 5. The molecule has 0 aliphatic rings. The average Bonchev–Trinajstić information content (AvgIpc) is 2.44. The first-order valence-corrected chi connectivity index (χ1v) is 7.50. The van der Waals surface area contributed by atoms with Gasteiger partial charge in [-0.15, -0.1) is 0 Å². The van der Waals surface area contributed by atoms with Gasteiger partial charge < -0.3 is 5.32 Å². The van der Waals surface area contributed by atoms with E-state index in [-0.39, 0.29) is 11.9 Å². The Hall–Kier alpha value is -1.26. The summed E-state index contributed by atoms with van der Waals surface area (Å²) in [4.78, 5) is 4.42. The summed E-state index contributed by atoms with van der Waals surface area (Å²) in [6.45, 7) is 4.93. The Morgan fingerprint density at radius 2 is 2.15 bits per heavy atom. The number of benzene rings is 1. The lowest BCUT2D eigenvalue weighted by Crippen LogP contribution is -2.23. The van der Waals surface area contributed by atoms with Gasteiger partial charge in [-0.3, -0.25) is 4.98 Å². The van der Waals surface area contributed by atoms with Crippen molar-refractivity contribution in [2.75, 3.05) is 6.54 Å². The topological polar surface area (TPSA) is 24.9 Å². The summed E-state index contributed by atoms with van der Waals surface area (Å²) in [6.07, 6.45) is 2.55. The molecular weight excluding hydrogens is 319 g/mol. The molecule has 1 N–H and O–H groups in total. The first-order valence-electron chi connectivity index (χ1n) is 6.70. The zero-order valence-electron chi connectivity index (χ0n) is 11.7. The van der Waals surface area contributed by atoms with Crippen LogP contribution >= 0.6 is 15.9 Å². The second kappa shape index (κ2) is 6.95. The monoisotopic (exact) mass is 336 g/mol. The lowest BCUT2D eigenvalue weighted by atomic mass is 9.99. The predicted molar refractivity (Wildman–Crippen MR) is 83.2 cm³/mol. The first kappa shape index (κ1) is 15.1. The van der Waals surface area contributed by atoms with Crippen molar-refractivity contribution in [1.82, 2.24) is 10.3 Å². The van der Waals surface area contributed by atoms with Gasteiger partial charge in [0.15, 0.2) is 0 Å². The second-order valence-electron chi connectivity index (χ2n) is 4.75. The van der Waals surface area contributed by atoms with Gasteiger partial charge in [-0.2, -0.15) is 0 Å². The Balaban J connectivity index is 2.27. The summed E-state index contributed by atoms with van der Waals surface area (Å²) >= 11 is 3.19.